The van der Waals surface area contributed by atoms with Crippen molar-refractivity contribution in [1.82, 2.24) is 0 Å². The van der Waals surface area contributed by atoms with Gasteiger partial charge in [-0.25, -0.2) is 9.56 Å². The van der Waals surface area contributed by atoms with Crippen molar-refractivity contribution in [2.24, 2.45) is 10.9 Å². The number of hydrogen-bond acceptors (Lipinski definition) is 9. The molecule has 4 rings (SSSR count). The van der Waals surface area contributed by atoms with Gasteiger partial charge in [0.2, 0.25) is 5.75 Å². The van der Waals surface area contributed by atoms with E-state index in [1.807, 2.05) is 0 Å². The van der Waals surface area contributed by atoms with E-state index in [4.69, 9.17) is 28.2 Å². The number of nitrogens with zero attached hydrogens (tertiary/aromatic N) is 1. The van der Waals surface area contributed by atoms with Gasteiger partial charge in [0.15, 0.2) is 23.0 Å². The van der Waals surface area contributed by atoms with Crippen LogP contribution in [0.1, 0.15) is 17.0 Å². The zero-order valence-electron chi connectivity index (χ0n) is 18.2. The molecule has 2 N–H and O–H groups in total. The highest BCUT2D eigenvalue weighted by molar-refractivity contribution is 7.46. The van der Waals surface area contributed by atoms with Crippen LogP contribution in [-0.2, 0) is 14.1 Å². The Morgan fingerprint density at radius 2 is 1.58 bits per heavy atom. The molecule has 11 nitrogen and oxygen atoms in total. The Balaban J connectivity index is 1.99. The molecule has 0 saturated carbocycles. The summed E-state index contributed by atoms with van der Waals surface area (Å²) in [6.07, 6.45) is 0. The molecule has 2 aromatic carbocycles. The van der Waals surface area contributed by atoms with E-state index < -0.39 is 25.6 Å². The van der Waals surface area contributed by atoms with E-state index in [0.29, 0.717) is 34.1 Å². The number of benzene rings is 2. The van der Waals surface area contributed by atoms with Crippen LogP contribution in [0.5, 0.6) is 28.7 Å². The number of cyclic esters (lactones) is 1. The topological polar surface area (TPSA) is 142 Å². The van der Waals surface area contributed by atoms with Crippen molar-refractivity contribution in [3.05, 3.63) is 35.4 Å². The first-order chi connectivity index (χ1) is 15.7. The minimum absolute atomic E-state index is 0.0591. The summed E-state index contributed by atoms with van der Waals surface area (Å²) in [5.41, 5.74) is 1.64. The zero-order chi connectivity index (χ0) is 23.9. The minimum atomic E-state index is -4.95. The van der Waals surface area contributed by atoms with Gasteiger partial charge in [0.25, 0.3) is 0 Å². The second-order valence-electron chi connectivity index (χ2n) is 7.24. The van der Waals surface area contributed by atoms with E-state index in [1.165, 1.54) is 34.5 Å². The molecule has 0 radical (unpaired) electrons. The van der Waals surface area contributed by atoms with Gasteiger partial charge in [-0.15, -0.1) is 0 Å². The number of hydrogen-bond donors (Lipinski definition) is 2. The van der Waals surface area contributed by atoms with Gasteiger partial charge in [-0.05, 0) is 29.3 Å². The fraction of sp³-hybridized carbons (Fsp3) is 0.333. The van der Waals surface area contributed by atoms with Crippen LogP contribution < -0.4 is 23.5 Å². The van der Waals surface area contributed by atoms with E-state index in [-0.39, 0.29) is 23.8 Å². The van der Waals surface area contributed by atoms with Crippen LogP contribution in [0.25, 0.3) is 0 Å². The second-order valence-corrected chi connectivity index (χ2v) is 8.41. The average Bonchev–Trinajstić information content (AvgIpc) is 3.16. The second kappa shape index (κ2) is 8.58. The van der Waals surface area contributed by atoms with Crippen molar-refractivity contribution in [2.45, 2.75) is 5.92 Å². The maximum absolute atomic E-state index is 12.7. The molecular formula is C21H22NO10P. The minimum Gasteiger partial charge on any atom is -0.493 e. The molecule has 33 heavy (non-hydrogen) atoms. The highest BCUT2D eigenvalue weighted by Gasteiger charge is 2.46. The fourth-order valence-corrected chi connectivity index (χ4v) is 4.58. The molecule has 1 fully saturated rings. The number of carbonyl (C=O) groups excluding carboxylic acids is 1. The number of phosphoric acid groups is 1. The molecule has 0 bridgehead atoms. The number of carbonyl (C=O) groups is 1. The predicted molar refractivity (Wildman–Crippen MR) is 115 cm³/mol. The molecular weight excluding hydrogens is 457 g/mol. The van der Waals surface area contributed by atoms with Crippen molar-refractivity contribution >= 4 is 25.2 Å². The summed E-state index contributed by atoms with van der Waals surface area (Å²) < 4.78 is 43.4. The number of methoxy groups -OCH3 is 4. The molecule has 2 aliphatic rings. The molecule has 12 heteroatoms. The highest BCUT2D eigenvalue weighted by Crippen LogP contribution is 2.55. The van der Waals surface area contributed by atoms with Crippen molar-refractivity contribution in [2.75, 3.05) is 35.0 Å². The van der Waals surface area contributed by atoms with Crippen LogP contribution in [0.3, 0.4) is 0 Å². The van der Waals surface area contributed by atoms with Gasteiger partial charge in [-0.3, -0.25) is 14.6 Å². The summed E-state index contributed by atoms with van der Waals surface area (Å²) >= 11 is 0. The van der Waals surface area contributed by atoms with Crippen LogP contribution in [0.15, 0.2) is 29.3 Å². The smallest absolute Gasteiger partial charge is 0.493 e. The summed E-state index contributed by atoms with van der Waals surface area (Å²) in [5, 5.41) is 0. The molecule has 0 aliphatic carbocycles. The van der Waals surface area contributed by atoms with Crippen molar-refractivity contribution in [1.29, 1.82) is 0 Å². The van der Waals surface area contributed by atoms with E-state index in [0.717, 1.165) is 0 Å². The molecule has 2 unspecified atom stereocenters. The van der Waals surface area contributed by atoms with E-state index >= 15 is 0 Å². The number of esters is 1. The molecule has 2 heterocycles. The maximum Gasteiger partial charge on any atom is 0.525 e. The molecule has 0 aromatic heterocycles. The Labute approximate surface area is 189 Å². The van der Waals surface area contributed by atoms with Crippen LogP contribution in [0, 0.1) is 5.92 Å². The van der Waals surface area contributed by atoms with Crippen LogP contribution in [0.4, 0.5) is 5.69 Å². The molecule has 1 saturated heterocycles. The van der Waals surface area contributed by atoms with E-state index in [2.05, 4.69) is 4.99 Å². The largest absolute Gasteiger partial charge is 0.525 e. The summed E-state index contributed by atoms with van der Waals surface area (Å²) in [7, 11) is 0.824. The number of fused-ring (bicyclic) bond motifs is 2. The first kappa shape index (κ1) is 22.9. The maximum atomic E-state index is 12.7. The zero-order valence-corrected chi connectivity index (χ0v) is 19.1. The number of rotatable bonds is 7. The van der Waals surface area contributed by atoms with Gasteiger partial charge < -0.3 is 28.2 Å². The quantitative estimate of drug-likeness (QED) is 0.449. The number of ether oxygens (including phenoxy) is 5. The Hall–Kier alpha value is -3.27. The molecule has 2 aromatic rings. The van der Waals surface area contributed by atoms with Crippen molar-refractivity contribution in [3.63, 3.8) is 0 Å². The third kappa shape index (κ3) is 3.99. The van der Waals surface area contributed by atoms with Gasteiger partial charge in [0.05, 0.1) is 34.2 Å². The Kier molecular flexibility index (Phi) is 5.96. The number of phosphoric ester groups is 1. The van der Waals surface area contributed by atoms with Crippen molar-refractivity contribution in [3.8, 4) is 28.7 Å². The SMILES string of the molecule is COc1cc(C2c3ccc(OC)c(OP(=O)(O)O)c3N=C3COC(=O)C32)cc(OC)c1OC. The lowest BCUT2D eigenvalue weighted by molar-refractivity contribution is -0.141. The Morgan fingerprint density at radius 3 is 2.12 bits per heavy atom. The molecule has 176 valence electrons. The molecule has 0 amide bonds. The molecule has 2 atom stereocenters. The predicted octanol–water partition coefficient (Wildman–Crippen LogP) is 2.58. The van der Waals surface area contributed by atoms with Gasteiger partial charge in [-0.1, -0.05) is 6.07 Å². The van der Waals surface area contributed by atoms with E-state index in [1.54, 1.807) is 18.2 Å². The standard InChI is InChI=1S/C21H22NO10P/c1-27-13-6-5-11-16(10-7-14(28-2)19(30-4)15(8-10)29-3)17-12(9-31-21(17)23)22-18(11)20(13)32-33(24,25)26/h5-8,16-17H,9H2,1-4H3,(H2,24,25,26). The summed E-state index contributed by atoms with van der Waals surface area (Å²) in [6, 6.07) is 6.58. The summed E-state index contributed by atoms with van der Waals surface area (Å²) in [4.78, 5) is 36.1. The molecule has 2 aliphatic heterocycles. The fourth-order valence-electron chi connectivity index (χ4n) is 4.17. The van der Waals surface area contributed by atoms with E-state index in [9.17, 15) is 19.1 Å². The summed E-state index contributed by atoms with van der Waals surface area (Å²) in [5.74, 6) is -0.875. The third-order valence-electron chi connectivity index (χ3n) is 5.50. The van der Waals surface area contributed by atoms with Crippen LogP contribution in [0.2, 0.25) is 0 Å². The van der Waals surface area contributed by atoms with Crippen LogP contribution in [-0.4, -0.2) is 56.5 Å². The monoisotopic (exact) mass is 479 g/mol. The average molecular weight is 479 g/mol. The highest BCUT2D eigenvalue weighted by atomic mass is 31.2. The van der Waals surface area contributed by atoms with Gasteiger partial charge in [0, 0.05) is 5.92 Å². The third-order valence-corrected chi connectivity index (χ3v) is 5.92. The van der Waals surface area contributed by atoms with Gasteiger partial charge in [0.1, 0.15) is 18.2 Å². The first-order valence-corrected chi connectivity index (χ1v) is 11.3. The normalized spacial score (nSPS) is 19.1. The lowest BCUT2D eigenvalue weighted by atomic mass is 9.76. The lowest BCUT2D eigenvalue weighted by Crippen LogP contribution is -2.28. The first-order valence-electron chi connectivity index (χ1n) is 9.72. The van der Waals surface area contributed by atoms with Crippen LogP contribution >= 0.6 is 7.82 Å². The lowest BCUT2D eigenvalue weighted by Gasteiger charge is -2.30. The molecule has 0 spiro atoms. The Bertz CT molecular complexity index is 1160. The van der Waals surface area contributed by atoms with Crippen molar-refractivity contribution < 1.29 is 47.4 Å². The Morgan fingerprint density at radius 1 is 0.939 bits per heavy atom. The van der Waals surface area contributed by atoms with Gasteiger partial charge in [-0.2, -0.15) is 0 Å². The number of aliphatic imine (C=N–C) groups is 1. The summed E-state index contributed by atoms with van der Waals surface area (Å²) in [6.45, 7) is -0.0591. The van der Waals surface area contributed by atoms with Gasteiger partial charge >= 0.3 is 13.8 Å².